The molecule has 1 saturated heterocycles. The number of amides is 6. The second-order valence-corrected chi connectivity index (χ2v) is 16.1. The number of nitrogens with one attached hydrogen (secondary N) is 6. The number of carboxylic acid groups (broad SMARTS) is 1. The van der Waals surface area contributed by atoms with Gasteiger partial charge in [0.1, 0.15) is 42.0 Å². The van der Waals surface area contributed by atoms with Gasteiger partial charge in [-0.25, -0.2) is 4.79 Å². The third-order valence-corrected chi connectivity index (χ3v) is 11.0. The van der Waals surface area contributed by atoms with Gasteiger partial charge in [0.15, 0.2) is 11.9 Å². The lowest BCUT2D eigenvalue weighted by atomic mass is 10.0. The van der Waals surface area contributed by atoms with Crippen LogP contribution in [-0.2, 0) is 46.4 Å². The Hall–Kier alpha value is -7.47. The van der Waals surface area contributed by atoms with E-state index in [-0.39, 0.29) is 75.8 Å². The fraction of sp³-hybridized carbons (Fsp3) is 0.465. The van der Waals surface area contributed by atoms with Gasteiger partial charge in [-0.2, -0.15) is 0 Å². The van der Waals surface area contributed by atoms with Gasteiger partial charge in [-0.3, -0.25) is 38.8 Å². The number of nitrogens with two attached hydrogens (primary N) is 5. The minimum atomic E-state index is -1.62. The van der Waals surface area contributed by atoms with Gasteiger partial charge >= 0.3 is 5.97 Å². The minimum absolute atomic E-state index is 0.0359. The summed E-state index contributed by atoms with van der Waals surface area (Å²) in [5, 5.41) is 43.6. The van der Waals surface area contributed by atoms with Crippen molar-refractivity contribution in [2.45, 2.75) is 101 Å². The van der Waals surface area contributed by atoms with Crippen molar-refractivity contribution in [3.63, 3.8) is 0 Å². The number of aliphatic carboxylic acids is 1. The Morgan fingerprint density at radius 2 is 1.36 bits per heavy atom. The fourth-order valence-electron chi connectivity index (χ4n) is 7.43. The van der Waals surface area contributed by atoms with E-state index in [1.807, 2.05) is 6.07 Å². The zero-order valence-electron chi connectivity index (χ0n) is 37.2. The van der Waals surface area contributed by atoms with Crippen molar-refractivity contribution in [1.29, 1.82) is 0 Å². The number of aromatic hydroxyl groups is 1. The normalized spacial score (nSPS) is 16.0. The number of hydrogen-bond donors (Lipinski definition) is 14. The Labute approximate surface area is 385 Å². The molecule has 1 aromatic heterocycles. The summed E-state index contributed by atoms with van der Waals surface area (Å²) in [6.45, 7) is 0.980. The molecule has 0 unspecified atom stereocenters. The molecular formula is C43H62N14O10. The molecule has 3 aromatic rings. The second kappa shape index (κ2) is 25.3. The van der Waals surface area contributed by atoms with Crippen LogP contribution >= 0.6 is 0 Å². The van der Waals surface area contributed by atoms with Crippen LogP contribution in [0.4, 0.5) is 0 Å². The van der Waals surface area contributed by atoms with Gasteiger partial charge in [-0.05, 0) is 74.8 Å². The van der Waals surface area contributed by atoms with Crippen LogP contribution in [0.1, 0.15) is 56.6 Å². The average molecular weight is 935 g/mol. The predicted octanol–water partition coefficient (Wildman–Crippen LogP) is -3.40. The number of rotatable bonds is 25. The lowest BCUT2D eigenvalue weighted by Gasteiger charge is -2.29. The SMILES string of the molecule is C[C@H](NC(=O)[C@@H](N)CCCN=C(N)N)C(=O)N1CCC[C@H]1C(=O)N[C@@H](CO)C(=O)N[C@@H](CCCN=C(N)N)C(=O)N[C@@H](Cc1c[nH]c2ccccc12)C(=O)N[C@@H](Cc1ccc(O)cc1)C(=O)O. The molecule has 1 aliphatic rings. The monoisotopic (exact) mass is 934 g/mol. The van der Waals surface area contributed by atoms with Crippen LogP contribution in [0.5, 0.6) is 5.75 Å². The largest absolute Gasteiger partial charge is 0.508 e. The summed E-state index contributed by atoms with van der Waals surface area (Å²) in [5.74, 6) is -6.39. The molecule has 7 atom stereocenters. The van der Waals surface area contributed by atoms with E-state index in [0.717, 1.165) is 10.9 Å². The van der Waals surface area contributed by atoms with Crippen LogP contribution < -0.4 is 55.3 Å². The lowest BCUT2D eigenvalue weighted by Crippen LogP contribution is -2.60. The second-order valence-electron chi connectivity index (χ2n) is 16.1. The number of aromatic nitrogens is 1. The van der Waals surface area contributed by atoms with E-state index in [4.69, 9.17) is 28.7 Å². The number of fused-ring (bicyclic) bond motifs is 1. The van der Waals surface area contributed by atoms with Crippen molar-refractivity contribution < 1.29 is 48.9 Å². The third-order valence-electron chi connectivity index (χ3n) is 11.0. The number of guanidine groups is 2. The molecule has 0 aliphatic carbocycles. The van der Waals surface area contributed by atoms with Crippen molar-refractivity contribution in [3.05, 3.63) is 65.9 Å². The lowest BCUT2D eigenvalue weighted by molar-refractivity contribution is -0.142. The fourth-order valence-corrected chi connectivity index (χ4v) is 7.43. The Bertz CT molecular complexity index is 2260. The number of aliphatic hydroxyl groups excluding tert-OH is 1. The van der Waals surface area contributed by atoms with Gasteiger partial charge in [-0.15, -0.1) is 0 Å². The number of aliphatic imine (C=N–C) groups is 2. The minimum Gasteiger partial charge on any atom is -0.508 e. The molecule has 2 aromatic carbocycles. The molecule has 1 aliphatic heterocycles. The number of carbonyl (C=O) groups is 7. The number of aliphatic hydroxyl groups is 1. The summed E-state index contributed by atoms with van der Waals surface area (Å²) in [7, 11) is 0. The maximum atomic E-state index is 14.2. The number of para-hydroxylation sites is 1. The van der Waals surface area contributed by atoms with E-state index in [0.29, 0.717) is 24.0 Å². The van der Waals surface area contributed by atoms with Crippen LogP contribution in [0.25, 0.3) is 10.9 Å². The van der Waals surface area contributed by atoms with Crippen LogP contribution in [0.2, 0.25) is 0 Å². The number of carboxylic acids is 1. The zero-order valence-corrected chi connectivity index (χ0v) is 37.2. The maximum Gasteiger partial charge on any atom is 0.326 e. The van der Waals surface area contributed by atoms with Gasteiger partial charge in [0.2, 0.25) is 35.4 Å². The van der Waals surface area contributed by atoms with Crippen LogP contribution in [-0.4, -0.2) is 147 Å². The number of phenols is 1. The van der Waals surface area contributed by atoms with Gasteiger partial charge in [0.25, 0.3) is 0 Å². The number of phenolic OH excluding ortho intramolecular Hbond substituents is 1. The highest BCUT2D eigenvalue weighted by molar-refractivity contribution is 5.97. The molecule has 24 heteroatoms. The molecular weight excluding hydrogens is 873 g/mol. The predicted molar refractivity (Wildman–Crippen MR) is 246 cm³/mol. The number of aromatic amines is 1. The van der Waals surface area contributed by atoms with E-state index in [2.05, 4.69) is 41.6 Å². The molecule has 0 saturated carbocycles. The Balaban J connectivity index is 1.49. The molecule has 6 amide bonds. The Kier molecular flexibility index (Phi) is 19.7. The van der Waals surface area contributed by atoms with Crippen LogP contribution in [0, 0.1) is 0 Å². The van der Waals surface area contributed by atoms with E-state index >= 15 is 0 Å². The average Bonchev–Trinajstić information content (AvgIpc) is 3.95. The summed E-state index contributed by atoms with van der Waals surface area (Å²) >= 11 is 0. The number of benzene rings is 2. The molecule has 364 valence electrons. The van der Waals surface area contributed by atoms with Crippen molar-refractivity contribution in [2.24, 2.45) is 38.7 Å². The first-order valence-electron chi connectivity index (χ1n) is 21.7. The molecule has 0 radical (unpaired) electrons. The summed E-state index contributed by atoms with van der Waals surface area (Å²) in [6.07, 6.45) is 2.67. The Morgan fingerprint density at radius 1 is 0.761 bits per heavy atom. The molecule has 1 fully saturated rings. The van der Waals surface area contributed by atoms with Crippen LogP contribution in [0.3, 0.4) is 0 Å². The highest BCUT2D eigenvalue weighted by atomic mass is 16.4. The number of H-pyrrole nitrogens is 1. The number of carbonyl (C=O) groups excluding carboxylic acids is 6. The quantitative estimate of drug-likeness (QED) is 0.0224. The first kappa shape index (κ1) is 52.2. The van der Waals surface area contributed by atoms with Gasteiger partial charge in [0.05, 0.1) is 12.6 Å². The first-order chi connectivity index (χ1) is 31.9. The summed E-state index contributed by atoms with van der Waals surface area (Å²) < 4.78 is 0. The summed E-state index contributed by atoms with van der Waals surface area (Å²) in [5.41, 5.74) is 29.4. The molecule has 0 spiro atoms. The molecule has 19 N–H and O–H groups in total. The van der Waals surface area contributed by atoms with Crippen molar-refractivity contribution in [1.82, 2.24) is 36.5 Å². The molecule has 0 bridgehead atoms. The van der Waals surface area contributed by atoms with Crippen molar-refractivity contribution in [2.75, 3.05) is 26.2 Å². The Morgan fingerprint density at radius 3 is 2.00 bits per heavy atom. The standard InChI is InChI=1S/C43H62N14O10/c1-23(52-35(60)28(44)8-4-16-49-42(45)46)40(65)57-18-6-11-34(57)39(64)56-33(22-58)38(63)53-30(10-5-17-50-43(47)48)36(61)54-31(20-25-21-51-29-9-3-2-7-27(25)29)37(62)55-32(41(66)67)19-24-12-14-26(59)15-13-24/h2-3,7,9,12-15,21,23,28,30-34,51,58-59H,4-6,8,10-11,16-20,22,44H2,1H3,(H,52,60)(H,53,63)(H,54,61)(H,55,62)(H,56,64)(H,66,67)(H4,45,46,49)(H4,47,48,50)/t23-,28-,30-,31-,32-,33-,34-/m0/s1. The molecule has 2 heterocycles. The number of likely N-dealkylation sites (tertiary alicyclic amines) is 1. The van der Waals surface area contributed by atoms with E-state index in [1.54, 1.807) is 24.4 Å². The molecule has 4 rings (SSSR count). The highest BCUT2D eigenvalue weighted by Crippen LogP contribution is 2.21. The van der Waals surface area contributed by atoms with Gasteiger partial charge in [-0.1, -0.05) is 30.3 Å². The summed E-state index contributed by atoms with van der Waals surface area (Å²) in [4.78, 5) is 106. The van der Waals surface area contributed by atoms with E-state index < -0.39 is 90.3 Å². The smallest absolute Gasteiger partial charge is 0.326 e. The van der Waals surface area contributed by atoms with Crippen LogP contribution in [0.15, 0.2) is 64.7 Å². The topological polar surface area (TPSA) is 414 Å². The van der Waals surface area contributed by atoms with Gasteiger partial charge in [0, 0.05) is 49.6 Å². The van der Waals surface area contributed by atoms with E-state index in [1.165, 1.54) is 36.1 Å². The number of nitrogens with zero attached hydrogens (tertiary/aromatic N) is 3. The highest BCUT2D eigenvalue weighted by Gasteiger charge is 2.39. The van der Waals surface area contributed by atoms with E-state index in [9.17, 15) is 48.9 Å². The zero-order chi connectivity index (χ0) is 49.2. The molecule has 67 heavy (non-hydrogen) atoms. The van der Waals surface area contributed by atoms with Crippen molar-refractivity contribution >= 4 is 64.2 Å². The van der Waals surface area contributed by atoms with Gasteiger partial charge < -0.3 is 80.5 Å². The molecule has 24 nitrogen and oxygen atoms in total. The first-order valence-corrected chi connectivity index (χ1v) is 21.7. The third kappa shape index (κ3) is 15.9. The number of hydrogen-bond acceptors (Lipinski definition) is 12. The maximum absolute atomic E-state index is 14.2. The van der Waals surface area contributed by atoms with Crippen molar-refractivity contribution in [3.8, 4) is 5.75 Å². The summed E-state index contributed by atoms with van der Waals surface area (Å²) in [6, 6.07) is 3.98.